The highest BCUT2D eigenvalue weighted by Crippen LogP contribution is 2.27. The number of nitrogens with zero attached hydrogens (tertiary/aromatic N) is 5. The summed E-state index contributed by atoms with van der Waals surface area (Å²) in [5, 5.41) is 17.9. The lowest BCUT2D eigenvalue weighted by atomic mass is 10.1. The highest BCUT2D eigenvalue weighted by atomic mass is 79.9. The summed E-state index contributed by atoms with van der Waals surface area (Å²) in [6.45, 7) is 2.78. The fourth-order valence-electron chi connectivity index (χ4n) is 2.91. The van der Waals surface area contributed by atoms with Crippen molar-refractivity contribution in [1.29, 1.82) is 0 Å². The lowest BCUT2D eigenvalue weighted by Gasteiger charge is -2.10. The molecule has 6 nitrogen and oxygen atoms in total. The molecule has 0 aliphatic rings. The van der Waals surface area contributed by atoms with Crippen LogP contribution in [0, 0.1) is 0 Å². The van der Waals surface area contributed by atoms with E-state index in [-0.39, 0.29) is 0 Å². The molecular formula is C21H20BrN5OS. The molecule has 0 unspecified atom stereocenters. The van der Waals surface area contributed by atoms with E-state index in [2.05, 4.69) is 65.2 Å². The van der Waals surface area contributed by atoms with Gasteiger partial charge in [-0.25, -0.2) is 0 Å². The predicted octanol–water partition coefficient (Wildman–Crippen LogP) is 5.19. The van der Waals surface area contributed by atoms with Crippen LogP contribution in [-0.4, -0.2) is 25.0 Å². The normalized spacial score (nSPS) is 11.1. The molecule has 0 fully saturated rings. The molecule has 8 heteroatoms. The number of halogens is 1. The van der Waals surface area contributed by atoms with Crippen LogP contribution in [0.3, 0.4) is 0 Å². The molecule has 0 N–H and O–H groups in total. The van der Waals surface area contributed by atoms with E-state index in [0.717, 1.165) is 40.4 Å². The Labute approximate surface area is 181 Å². The van der Waals surface area contributed by atoms with Gasteiger partial charge in [-0.15, -0.1) is 20.4 Å². The fourth-order valence-corrected chi connectivity index (χ4v) is 3.98. The van der Waals surface area contributed by atoms with Crippen LogP contribution in [-0.2, 0) is 25.1 Å². The summed E-state index contributed by atoms with van der Waals surface area (Å²) in [4.78, 5) is 0. The lowest BCUT2D eigenvalue weighted by molar-refractivity contribution is 0.469. The van der Waals surface area contributed by atoms with Crippen LogP contribution >= 0.6 is 27.7 Å². The molecule has 0 amide bonds. The molecule has 0 spiro atoms. The van der Waals surface area contributed by atoms with E-state index in [1.165, 1.54) is 5.56 Å². The van der Waals surface area contributed by atoms with Gasteiger partial charge >= 0.3 is 0 Å². The highest BCUT2D eigenvalue weighted by molar-refractivity contribution is 9.10. The molecule has 0 radical (unpaired) electrons. The minimum Gasteiger partial charge on any atom is -0.424 e. The molecule has 0 saturated carbocycles. The Bertz CT molecular complexity index is 1060. The molecule has 2 aromatic heterocycles. The molecule has 0 aliphatic carbocycles. The van der Waals surface area contributed by atoms with Crippen LogP contribution < -0.4 is 0 Å². The van der Waals surface area contributed by atoms with Gasteiger partial charge in [-0.05, 0) is 24.1 Å². The first-order valence-corrected chi connectivity index (χ1v) is 11.2. The topological polar surface area (TPSA) is 69.6 Å². The fraction of sp³-hybridized carbons (Fsp3) is 0.238. The standard InChI is InChI=1S/C21H20BrN5OS/c1-2-18-23-24-19(28-18)14-29-21-26-25-20(16-8-10-17(22)11-9-16)27(21)13-12-15-6-4-3-5-7-15/h3-11H,2,12-14H2,1H3. The third-order valence-corrected chi connectivity index (χ3v) is 5.90. The van der Waals surface area contributed by atoms with E-state index < -0.39 is 0 Å². The minimum atomic E-state index is 0.566. The van der Waals surface area contributed by atoms with Crippen molar-refractivity contribution in [3.05, 3.63) is 76.4 Å². The van der Waals surface area contributed by atoms with Crippen molar-refractivity contribution in [1.82, 2.24) is 25.0 Å². The molecule has 29 heavy (non-hydrogen) atoms. The quantitative estimate of drug-likeness (QED) is 0.330. The van der Waals surface area contributed by atoms with E-state index in [1.54, 1.807) is 11.8 Å². The number of thioether (sulfide) groups is 1. The summed E-state index contributed by atoms with van der Waals surface area (Å²) in [7, 11) is 0. The number of hydrogen-bond donors (Lipinski definition) is 0. The number of rotatable bonds is 8. The smallest absolute Gasteiger partial charge is 0.226 e. The van der Waals surface area contributed by atoms with Gasteiger partial charge in [0.05, 0.1) is 5.75 Å². The van der Waals surface area contributed by atoms with Crippen molar-refractivity contribution in [3.63, 3.8) is 0 Å². The summed E-state index contributed by atoms with van der Waals surface area (Å²) in [5.41, 5.74) is 2.31. The maximum atomic E-state index is 5.62. The summed E-state index contributed by atoms with van der Waals surface area (Å²) < 4.78 is 8.82. The Morgan fingerprint density at radius 1 is 0.931 bits per heavy atom. The van der Waals surface area contributed by atoms with Crippen molar-refractivity contribution >= 4 is 27.7 Å². The molecule has 0 aliphatic heterocycles. The van der Waals surface area contributed by atoms with Crippen LogP contribution in [0.1, 0.15) is 24.3 Å². The zero-order valence-electron chi connectivity index (χ0n) is 16.0. The van der Waals surface area contributed by atoms with E-state index in [4.69, 9.17) is 4.42 Å². The monoisotopic (exact) mass is 469 g/mol. The van der Waals surface area contributed by atoms with Gasteiger partial charge in [0.2, 0.25) is 11.8 Å². The number of aryl methyl sites for hydroxylation is 2. The average Bonchev–Trinajstić information content (AvgIpc) is 3.38. The molecular weight excluding hydrogens is 450 g/mol. The largest absolute Gasteiger partial charge is 0.424 e. The van der Waals surface area contributed by atoms with Gasteiger partial charge in [0.1, 0.15) is 0 Å². The lowest BCUT2D eigenvalue weighted by Crippen LogP contribution is -2.05. The van der Waals surface area contributed by atoms with E-state index in [0.29, 0.717) is 17.5 Å². The van der Waals surface area contributed by atoms with Crippen molar-refractivity contribution in [2.24, 2.45) is 0 Å². The number of aromatic nitrogens is 5. The molecule has 148 valence electrons. The van der Waals surface area contributed by atoms with Gasteiger partial charge in [0.25, 0.3) is 0 Å². The van der Waals surface area contributed by atoms with Gasteiger partial charge in [-0.1, -0.05) is 77.1 Å². The second-order valence-electron chi connectivity index (χ2n) is 6.43. The van der Waals surface area contributed by atoms with Gasteiger partial charge in [-0.3, -0.25) is 0 Å². The van der Waals surface area contributed by atoms with Gasteiger partial charge in [0, 0.05) is 23.0 Å². The van der Waals surface area contributed by atoms with Gasteiger partial charge in [0.15, 0.2) is 11.0 Å². The van der Waals surface area contributed by atoms with Crippen molar-refractivity contribution in [2.75, 3.05) is 0 Å². The molecule has 0 bridgehead atoms. The Morgan fingerprint density at radius 3 is 2.41 bits per heavy atom. The van der Waals surface area contributed by atoms with E-state index in [9.17, 15) is 0 Å². The molecule has 0 saturated heterocycles. The SMILES string of the molecule is CCc1nnc(CSc2nnc(-c3ccc(Br)cc3)n2CCc2ccccc2)o1. The minimum absolute atomic E-state index is 0.566. The highest BCUT2D eigenvalue weighted by Gasteiger charge is 2.16. The van der Waals surface area contributed by atoms with Crippen LogP contribution in [0.4, 0.5) is 0 Å². The molecule has 4 aromatic rings. The Balaban J connectivity index is 1.58. The zero-order chi connectivity index (χ0) is 20.1. The molecule has 4 rings (SSSR count). The number of hydrogen-bond acceptors (Lipinski definition) is 6. The third kappa shape index (κ3) is 4.94. The maximum Gasteiger partial charge on any atom is 0.226 e. The number of benzene rings is 2. The van der Waals surface area contributed by atoms with Crippen LogP contribution in [0.25, 0.3) is 11.4 Å². The first-order chi connectivity index (χ1) is 14.2. The summed E-state index contributed by atoms with van der Waals surface area (Å²) in [6.07, 6.45) is 1.63. The van der Waals surface area contributed by atoms with E-state index >= 15 is 0 Å². The second kappa shape index (κ2) is 9.37. The first kappa shape index (κ1) is 19.8. The van der Waals surface area contributed by atoms with Crippen molar-refractivity contribution in [3.8, 4) is 11.4 Å². The Hall–Kier alpha value is -2.45. The van der Waals surface area contributed by atoms with Crippen molar-refractivity contribution in [2.45, 2.75) is 37.2 Å². The van der Waals surface area contributed by atoms with Crippen LogP contribution in [0.5, 0.6) is 0 Å². The van der Waals surface area contributed by atoms with Gasteiger partial charge < -0.3 is 8.98 Å². The molecule has 2 heterocycles. The Morgan fingerprint density at radius 2 is 1.69 bits per heavy atom. The van der Waals surface area contributed by atoms with Crippen LogP contribution in [0.2, 0.25) is 0 Å². The molecule has 2 aromatic carbocycles. The first-order valence-electron chi connectivity index (χ1n) is 9.40. The average molecular weight is 470 g/mol. The third-order valence-electron chi connectivity index (χ3n) is 4.42. The maximum absolute atomic E-state index is 5.62. The summed E-state index contributed by atoms with van der Waals surface area (Å²) in [5.74, 6) is 2.68. The summed E-state index contributed by atoms with van der Waals surface area (Å²) >= 11 is 5.05. The second-order valence-corrected chi connectivity index (χ2v) is 8.29. The van der Waals surface area contributed by atoms with Crippen molar-refractivity contribution < 1.29 is 4.42 Å². The predicted molar refractivity (Wildman–Crippen MR) is 117 cm³/mol. The van der Waals surface area contributed by atoms with Gasteiger partial charge in [-0.2, -0.15) is 0 Å². The Kier molecular flexibility index (Phi) is 6.41. The van der Waals surface area contributed by atoms with Crippen LogP contribution in [0.15, 0.2) is 68.6 Å². The molecule has 0 atom stereocenters. The zero-order valence-corrected chi connectivity index (χ0v) is 18.4. The van der Waals surface area contributed by atoms with E-state index in [1.807, 2.05) is 37.3 Å². The summed E-state index contributed by atoms with van der Waals surface area (Å²) in [6, 6.07) is 18.6.